The molecule has 15 nitrogen and oxygen atoms in total. The standard InChI is InChI=1S/C41H51FN8O7S/c1-22(2)34(47-40(53)56-5)38(51)50-21-27(58-7)18-33(50)37-44-20-31(46-37)26-14-15-28(29(42)17-26)24-10-12-25(13-11-24)30-19-43-36(45-30)32-9-8-16-49(32)39(52)35(23(3)55-4)48-41(54)57-6/h10-15,17,19-20,22-23,27,32-35H,8-9,16,18,21H2,1-7H3,(H,43,45)(H,44,46)(H,47,53)(H,48,54). The molecule has 6 rings (SSSR count). The topological polar surface area (TPSA) is 184 Å². The van der Waals surface area contributed by atoms with Crippen LogP contribution in [0.4, 0.5) is 14.0 Å². The highest BCUT2D eigenvalue weighted by Crippen LogP contribution is 2.38. The molecule has 4 amide bonds. The minimum Gasteiger partial charge on any atom is -0.453 e. The van der Waals surface area contributed by atoms with Gasteiger partial charge in [0.25, 0.3) is 0 Å². The molecule has 0 spiro atoms. The molecule has 310 valence electrons. The maximum absolute atomic E-state index is 15.8. The second-order valence-corrected chi connectivity index (χ2v) is 16.0. The highest BCUT2D eigenvalue weighted by Gasteiger charge is 2.42. The minimum absolute atomic E-state index is 0.167. The summed E-state index contributed by atoms with van der Waals surface area (Å²) in [6.45, 7) is 6.46. The number of alkyl carbamates (subject to hydrolysis) is 2. The Morgan fingerprint density at radius 3 is 1.97 bits per heavy atom. The molecule has 2 aliphatic rings. The van der Waals surface area contributed by atoms with E-state index in [0.717, 1.165) is 17.7 Å². The summed E-state index contributed by atoms with van der Waals surface area (Å²) >= 11 is 1.67. The van der Waals surface area contributed by atoms with Crippen LogP contribution in [0.2, 0.25) is 0 Å². The molecule has 2 fully saturated rings. The van der Waals surface area contributed by atoms with Crippen molar-refractivity contribution in [3.05, 3.63) is 72.3 Å². The number of nitrogens with one attached hydrogen (secondary N) is 4. The van der Waals surface area contributed by atoms with Crippen LogP contribution in [-0.2, 0) is 23.8 Å². The molecule has 4 aromatic rings. The van der Waals surface area contributed by atoms with Crippen LogP contribution in [-0.4, -0.2) is 118 Å². The first-order valence-electron chi connectivity index (χ1n) is 19.2. The molecular weight excluding hydrogens is 768 g/mol. The maximum Gasteiger partial charge on any atom is 0.407 e. The number of ether oxygens (including phenoxy) is 3. The van der Waals surface area contributed by atoms with Crippen LogP contribution in [0, 0.1) is 11.7 Å². The Morgan fingerprint density at radius 2 is 1.38 bits per heavy atom. The van der Waals surface area contributed by atoms with Crippen molar-refractivity contribution >= 4 is 35.8 Å². The number of aromatic nitrogens is 4. The molecule has 2 saturated heterocycles. The SMILES string of the molecule is COC(=O)NC(C(=O)N1CC(SC)CC1c1ncc(-c2ccc(-c3ccc(-c4cnc(C5CCCN5C(=O)C(NC(=O)OC)C(C)OC)[nH]4)cc3)c(F)c2)[nH]1)C(C)C. The lowest BCUT2D eigenvalue weighted by Crippen LogP contribution is -2.54. The van der Waals surface area contributed by atoms with Gasteiger partial charge < -0.3 is 44.6 Å². The molecule has 0 aliphatic carbocycles. The number of halogens is 1. The van der Waals surface area contributed by atoms with Crippen molar-refractivity contribution < 1.29 is 37.8 Å². The van der Waals surface area contributed by atoms with Gasteiger partial charge >= 0.3 is 12.2 Å². The quantitative estimate of drug-likeness (QED) is 0.123. The fraction of sp³-hybridized carbons (Fsp3) is 0.463. The van der Waals surface area contributed by atoms with E-state index in [1.165, 1.54) is 27.4 Å². The number of aromatic amines is 2. The number of imidazole rings is 2. The Kier molecular flexibility index (Phi) is 13.4. The monoisotopic (exact) mass is 818 g/mol. The second kappa shape index (κ2) is 18.4. The molecule has 2 aromatic carbocycles. The molecule has 2 aromatic heterocycles. The third kappa shape index (κ3) is 8.99. The van der Waals surface area contributed by atoms with Crippen molar-refractivity contribution in [3.8, 4) is 33.6 Å². The number of nitrogens with zero attached hydrogens (tertiary/aromatic N) is 4. The highest BCUT2D eigenvalue weighted by atomic mass is 32.2. The zero-order chi connectivity index (χ0) is 41.7. The van der Waals surface area contributed by atoms with Gasteiger partial charge in [0.2, 0.25) is 11.8 Å². The van der Waals surface area contributed by atoms with Gasteiger partial charge in [0.1, 0.15) is 29.5 Å². The maximum atomic E-state index is 15.8. The number of H-pyrrole nitrogens is 2. The summed E-state index contributed by atoms with van der Waals surface area (Å²) in [6, 6.07) is 10.1. The predicted molar refractivity (Wildman–Crippen MR) is 217 cm³/mol. The number of thioether (sulfide) groups is 1. The molecule has 0 saturated carbocycles. The van der Waals surface area contributed by atoms with Crippen molar-refractivity contribution in [3.63, 3.8) is 0 Å². The lowest BCUT2D eigenvalue weighted by molar-refractivity contribution is -0.137. The van der Waals surface area contributed by atoms with E-state index in [1.807, 2.05) is 50.4 Å². The summed E-state index contributed by atoms with van der Waals surface area (Å²) < 4.78 is 30.7. The lowest BCUT2D eigenvalue weighted by atomic mass is 10.0. The van der Waals surface area contributed by atoms with Crippen LogP contribution in [0.15, 0.2) is 54.9 Å². The van der Waals surface area contributed by atoms with E-state index in [4.69, 9.17) is 14.2 Å². The van der Waals surface area contributed by atoms with Gasteiger partial charge in [0.05, 0.1) is 56.2 Å². The highest BCUT2D eigenvalue weighted by molar-refractivity contribution is 7.99. The fourth-order valence-electron chi connectivity index (χ4n) is 7.60. The summed E-state index contributed by atoms with van der Waals surface area (Å²) in [4.78, 5) is 70.9. The summed E-state index contributed by atoms with van der Waals surface area (Å²) in [6.07, 6.45) is 5.55. The molecule has 17 heteroatoms. The van der Waals surface area contributed by atoms with E-state index in [9.17, 15) is 19.2 Å². The van der Waals surface area contributed by atoms with Crippen LogP contribution in [0.3, 0.4) is 0 Å². The largest absolute Gasteiger partial charge is 0.453 e. The molecule has 4 heterocycles. The Bertz CT molecular complexity index is 2090. The summed E-state index contributed by atoms with van der Waals surface area (Å²) in [5, 5.41) is 5.46. The van der Waals surface area contributed by atoms with Crippen LogP contribution in [0.5, 0.6) is 0 Å². The van der Waals surface area contributed by atoms with E-state index in [-0.39, 0.29) is 35.1 Å². The van der Waals surface area contributed by atoms with Gasteiger partial charge in [-0.25, -0.2) is 23.9 Å². The Balaban J connectivity index is 1.15. The Morgan fingerprint density at radius 1 is 0.810 bits per heavy atom. The van der Waals surface area contributed by atoms with Gasteiger partial charge in [-0.15, -0.1) is 0 Å². The summed E-state index contributed by atoms with van der Waals surface area (Å²) in [7, 11) is 3.98. The smallest absolute Gasteiger partial charge is 0.407 e. The van der Waals surface area contributed by atoms with E-state index in [1.54, 1.807) is 46.9 Å². The van der Waals surface area contributed by atoms with Gasteiger partial charge in [-0.2, -0.15) is 11.8 Å². The van der Waals surface area contributed by atoms with E-state index in [0.29, 0.717) is 60.0 Å². The van der Waals surface area contributed by atoms with Gasteiger partial charge in [-0.05, 0) is 55.6 Å². The lowest BCUT2D eigenvalue weighted by Gasteiger charge is -2.30. The summed E-state index contributed by atoms with van der Waals surface area (Å²) in [5.74, 6) is 0.150. The molecule has 58 heavy (non-hydrogen) atoms. The average Bonchev–Trinajstić information content (AvgIpc) is 4.07. The van der Waals surface area contributed by atoms with Crippen LogP contribution < -0.4 is 10.6 Å². The third-order valence-corrected chi connectivity index (χ3v) is 12.0. The molecule has 4 N–H and O–H groups in total. The zero-order valence-corrected chi connectivity index (χ0v) is 34.5. The van der Waals surface area contributed by atoms with Gasteiger partial charge in [0, 0.05) is 36.6 Å². The molecule has 0 bridgehead atoms. The first-order valence-corrected chi connectivity index (χ1v) is 20.5. The molecule has 0 radical (unpaired) electrons. The van der Waals surface area contributed by atoms with E-state index >= 15 is 4.39 Å². The number of amides is 4. The van der Waals surface area contributed by atoms with Crippen LogP contribution in [0.25, 0.3) is 33.6 Å². The fourth-order valence-corrected chi connectivity index (χ4v) is 8.28. The molecule has 6 unspecified atom stereocenters. The van der Waals surface area contributed by atoms with Gasteiger partial charge in [-0.3, -0.25) is 9.59 Å². The zero-order valence-electron chi connectivity index (χ0n) is 33.7. The molecular formula is C41H51FN8O7S. The van der Waals surface area contributed by atoms with Crippen LogP contribution in [0.1, 0.15) is 63.8 Å². The number of benzene rings is 2. The normalized spacial score (nSPS) is 19.5. The molecule has 6 atom stereocenters. The van der Waals surface area contributed by atoms with E-state index in [2.05, 4.69) is 30.6 Å². The van der Waals surface area contributed by atoms with Crippen molar-refractivity contribution in [2.45, 2.75) is 75.6 Å². The van der Waals surface area contributed by atoms with Crippen LogP contribution >= 0.6 is 11.8 Å². The van der Waals surface area contributed by atoms with Crippen molar-refractivity contribution in [2.24, 2.45) is 5.92 Å². The third-order valence-electron chi connectivity index (χ3n) is 11.0. The van der Waals surface area contributed by atoms with E-state index < -0.39 is 36.2 Å². The number of rotatable bonds is 13. The number of hydrogen-bond acceptors (Lipinski definition) is 10. The number of methoxy groups -OCH3 is 3. The Labute approximate surface area is 341 Å². The Hall–Kier alpha value is -5.42. The number of carbonyl (C=O) groups is 4. The van der Waals surface area contributed by atoms with Crippen molar-refractivity contribution in [1.82, 2.24) is 40.4 Å². The first kappa shape index (κ1) is 42.2. The van der Waals surface area contributed by atoms with Gasteiger partial charge in [-0.1, -0.05) is 50.2 Å². The first-order chi connectivity index (χ1) is 27.9. The average molecular weight is 819 g/mol. The molecule has 2 aliphatic heterocycles. The summed E-state index contributed by atoms with van der Waals surface area (Å²) in [5.41, 5.74) is 3.91. The number of likely N-dealkylation sites (tertiary alicyclic amines) is 2. The second-order valence-electron chi connectivity index (χ2n) is 14.8. The minimum atomic E-state index is -0.929. The predicted octanol–water partition coefficient (Wildman–Crippen LogP) is 6.08. The number of carbonyl (C=O) groups excluding carboxylic acids is 4. The van der Waals surface area contributed by atoms with Crippen molar-refractivity contribution in [1.29, 1.82) is 0 Å². The van der Waals surface area contributed by atoms with Gasteiger partial charge in [0.15, 0.2) is 0 Å². The van der Waals surface area contributed by atoms with Crippen molar-refractivity contribution in [2.75, 3.05) is 40.7 Å². The number of hydrogen-bond donors (Lipinski definition) is 4.